The predicted molar refractivity (Wildman–Crippen MR) is 35.0 cm³/mol. The lowest BCUT2D eigenvalue weighted by molar-refractivity contribution is -0.144. The largest absolute Gasteiger partial charge is 0.479 e. The number of hydrogen-bond acceptors (Lipinski definition) is 3. The molecule has 3 N–H and O–H groups in total. The summed E-state index contributed by atoms with van der Waals surface area (Å²) >= 11 is 4.28. The molecule has 9 heavy (non-hydrogen) atoms. The van der Waals surface area contributed by atoms with Crippen molar-refractivity contribution in [2.45, 2.75) is 13.0 Å². The molecule has 0 radical (unpaired) electrons. The normalized spacial score (nSPS) is 12.1. The Morgan fingerprint density at radius 1 is 1.89 bits per heavy atom. The van der Waals surface area contributed by atoms with Gasteiger partial charge in [0, 0.05) is 0 Å². The minimum Gasteiger partial charge on any atom is -0.479 e. The minimum atomic E-state index is -1.08. The van der Waals surface area contributed by atoms with Crippen molar-refractivity contribution in [3.05, 3.63) is 0 Å². The van der Waals surface area contributed by atoms with Gasteiger partial charge < -0.3 is 15.6 Å². The van der Waals surface area contributed by atoms with Crippen LogP contribution in [0.4, 0.5) is 0 Å². The first-order valence-corrected chi connectivity index (χ1v) is 2.63. The number of carbonyl (C=O) groups is 1. The van der Waals surface area contributed by atoms with Crippen LogP contribution in [0.5, 0.6) is 0 Å². The first kappa shape index (κ1) is 8.16. The van der Waals surface area contributed by atoms with Crippen molar-refractivity contribution in [1.29, 1.82) is 0 Å². The molecule has 5 heteroatoms. The summed E-state index contributed by atoms with van der Waals surface area (Å²) in [6.45, 7) is 1.35. The average Bonchev–Trinajstić information content (AvgIpc) is 1.63. The third-order valence-electron chi connectivity index (χ3n) is 0.641. The fraction of sp³-hybridized carbons (Fsp3) is 0.500. The lowest BCUT2D eigenvalue weighted by Gasteiger charge is -2.05. The SMILES string of the molecule is C[C@H](OC(N)=S)C(=O)O. The Morgan fingerprint density at radius 3 is 2.44 bits per heavy atom. The second-order valence-electron chi connectivity index (χ2n) is 1.42. The zero-order valence-corrected chi connectivity index (χ0v) is 5.64. The number of hydrogen-bond donors (Lipinski definition) is 2. The van der Waals surface area contributed by atoms with Gasteiger partial charge in [0.15, 0.2) is 6.10 Å². The van der Waals surface area contributed by atoms with Gasteiger partial charge >= 0.3 is 5.97 Å². The zero-order chi connectivity index (χ0) is 7.44. The molecule has 4 nitrogen and oxygen atoms in total. The monoisotopic (exact) mass is 149 g/mol. The molecular weight excluding hydrogens is 142 g/mol. The molecule has 0 bridgehead atoms. The van der Waals surface area contributed by atoms with Crippen LogP contribution in [0.3, 0.4) is 0 Å². The van der Waals surface area contributed by atoms with Crippen molar-refractivity contribution in [3.8, 4) is 0 Å². The van der Waals surface area contributed by atoms with E-state index in [4.69, 9.17) is 10.8 Å². The lowest BCUT2D eigenvalue weighted by atomic mass is 10.4. The number of thiocarbonyl (C=S) groups is 1. The summed E-state index contributed by atoms with van der Waals surface area (Å²) < 4.78 is 4.42. The van der Waals surface area contributed by atoms with Crippen molar-refractivity contribution in [2.75, 3.05) is 0 Å². The van der Waals surface area contributed by atoms with E-state index in [-0.39, 0.29) is 5.17 Å². The molecule has 0 aromatic carbocycles. The van der Waals surface area contributed by atoms with Crippen LogP contribution in [-0.4, -0.2) is 22.4 Å². The van der Waals surface area contributed by atoms with E-state index in [9.17, 15) is 4.79 Å². The maximum absolute atomic E-state index is 9.99. The molecule has 52 valence electrons. The number of ether oxygens (including phenoxy) is 1. The highest BCUT2D eigenvalue weighted by Gasteiger charge is 2.11. The quantitative estimate of drug-likeness (QED) is 0.528. The van der Waals surface area contributed by atoms with Crippen LogP contribution in [0.1, 0.15) is 6.92 Å². The van der Waals surface area contributed by atoms with Crippen molar-refractivity contribution in [2.24, 2.45) is 5.73 Å². The Balaban J connectivity index is 3.63. The maximum Gasteiger partial charge on any atom is 0.344 e. The van der Waals surface area contributed by atoms with Gasteiger partial charge in [-0.1, -0.05) is 0 Å². The summed E-state index contributed by atoms with van der Waals surface area (Å²) in [7, 11) is 0. The first-order valence-electron chi connectivity index (χ1n) is 2.23. The van der Waals surface area contributed by atoms with Gasteiger partial charge in [-0.3, -0.25) is 0 Å². The first-order chi connectivity index (χ1) is 4.04. The number of rotatable bonds is 2. The molecule has 0 aromatic heterocycles. The van der Waals surface area contributed by atoms with Crippen LogP contribution < -0.4 is 5.73 Å². The molecule has 0 aliphatic rings. The van der Waals surface area contributed by atoms with Gasteiger partial charge in [0.1, 0.15) is 0 Å². The van der Waals surface area contributed by atoms with Crippen LogP contribution in [0.15, 0.2) is 0 Å². The van der Waals surface area contributed by atoms with E-state index in [1.54, 1.807) is 0 Å². The number of aliphatic carboxylic acids is 1. The predicted octanol–water partition coefficient (Wildman–Crippen LogP) is -0.280. The van der Waals surface area contributed by atoms with Gasteiger partial charge in [-0.15, -0.1) is 0 Å². The van der Waals surface area contributed by atoms with Gasteiger partial charge in [-0.2, -0.15) is 0 Å². The molecule has 0 fully saturated rings. The minimum absolute atomic E-state index is 0.245. The highest BCUT2D eigenvalue weighted by atomic mass is 32.1. The molecule has 0 aliphatic heterocycles. The number of carboxylic acid groups (broad SMARTS) is 1. The third-order valence-corrected chi connectivity index (χ3v) is 0.737. The number of nitrogens with two attached hydrogens (primary N) is 1. The van der Waals surface area contributed by atoms with E-state index in [0.29, 0.717) is 0 Å². The Bertz CT molecular complexity index is 136. The van der Waals surface area contributed by atoms with Crippen LogP contribution >= 0.6 is 12.2 Å². The fourth-order valence-corrected chi connectivity index (χ4v) is 0.369. The topological polar surface area (TPSA) is 72.5 Å². The smallest absolute Gasteiger partial charge is 0.344 e. The van der Waals surface area contributed by atoms with E-state index < -0.39 is 12.1 Å². The van der Waals surface area contributed by atoms with E-state index in [0.717, 1.165) is 0 Å². The van der Waals surface area contributed by atoms with Crippen molar-refractivity contribution in [3.63, 3.8) is 0 Å². The van der Waals surface area contributed by atoms with Crippen LogP contribution in [0, 0.1) is 0 Å². The van der Waals surface area contributed by atoms with Gasteiger partial charge in [-0.05, 0) is 19.1 Å². The molecule has 0 amide bonds. The standard InChI is InChI=1S/C4H7NO3S/c1-2(3(6)7)8-4(5)9/h2H,1H3,(H2,5,9)(H,6,7)/t2-/m0/s1. The second-order valence-corrected chi connectivity index (χ2v) is 1.82. The Kier molecular flexibility index (Phi) is 2.94. The summed E-state index contributed by atoms with van der Waals surface area (Å²) in [5.74, 6) is -1.08. The molecule has 0 saturated carbocycles. The van der Waals surface area contributed by atoms with Crippen molar-refractivity contribution in [1.82, 2.24) is 0 Å². The summed E-state index contributed by atoms with van der Waals surface area (Å²) in [6.07, 6.45) is -0.956. The van der Waals surface area contributed by atoms with Crippen LogP contribution in [0.25, 0.3) is 0 Å². The van der Waals surface area contributed by atoms with E-state index in [1.807, 2.05) is 0 Å². The van der Waals surface area contributed by atoms with Gasteiger partial charge in [0.2, 0.25) is 0 Å². The Hall–Kier alpha value is -0.840. The fourth-order valence-electron chi connectivity index (χ4n) is 0.225. The molecular formula is C4H7NO3S. The van der Waals surface area contributed by atoms with Gasteiger partial charge in [0.05, 0.1) is 0 Å². The third kappa shape index (κ3) is 3.72. The molecule has 0 aliphatic carbocycles. The zero-order valence-electron chi connectivity index (χ0n) is 4.83. The number of carboxylic acids is 1. The van der Waals surface area contributed by atoms with Crippen molar-refractivity contribution >= 4 is 23.4 Å². The molecule has 1 atom stereocenters. The second kappa shape index (κ2) is 3.24. The van der Waals surface area contributed by atoms with E-state index in [1.165, 1.54) is 6.92 Å². The summed E-state index contributed by atoms with van der Waals surface area (Å²) in [5.41, 5.74) is 4.88. The van der Waals surface area contributed by atoms with Crippen LogP contribution in [0.2, 0.25) is 0 Å². The van der Waals surface area contributed by atoms with Crippen LogP contribution in [-0.2, 0) is 9.53 Å². The lowest BCUT2D eigenvalue weighted by Crippen LogP contribution is -2.26. The van der Waals surface area contributed by atoms with Crippen molar-refractivity contribution < 1.29 is 14.6 Å². The summed E-state index contributed by atoms with van der Waals surface area (Å²) in [5, 5.41) is 7.95. The maximum atomic E-state index is 9.99. The van der Waals surface area contributed by atoms with E-state index >= 15 is 0 Å². The summed E-state index contributed by atoms with van der Waals surface area (Å²) in [4.78, 5) is 9.99. The Labute approximate surface area is 57.6 Å². The summed E-state index contributed by atoms with van der Waals surface area (Å²) in [6, 6.07) is 0. The molecule has 0 spiro atoms. The average molecular weight is 149 g/mol. The highest BCUT2D eigenvalue weighted by molar-refractivity contribution is 7.80. The highest BCUT2D eigenvalue weighted by Crippen LogP contribution is 1.88. The Morgan fingerprint density at radius 2 is 2.33 bits per heavy atom. The molecule has 0 rings (SSSR count). The molecule has 0 aromatic rings. The van der Waals surface area contributed by atoms with Gasteiger partial charge in [-0.25, -0.2) is 4.79 Å². The van der Waals surface area contributed by atoms with Gasteiger partial charge in [0.25, 0.3) is 5.17 Å². The molecule has 0 heterocycles. The molecule has 0 unspecified atom stereocenters. The molecule has 0 saturated heterocycles. The van der Waals surface area contributed by atoms with E-state index in [2.05, 4.69) is 17.0 Å².